The number of benzene rings is 3. The van der Waals surface area contributed by atoms with E-state index in [0.29, 0.717) is 5.75 Å². The first kappa shape index (κ1) is 21.3. The van der Waals surface area contributed by atoms with Crippen LogP contribution in [-0.2, 0) is 10.0 Å². The van der Waals surface area contributed by atoms with Gasteiger partial charge in [-0.3, -0.25) is 9.52 Å². The van der Waals surface area contributed by atoms with E-state index >= 15 is 0 Å². The first-order valence-corrected chi connectivity index (χ1v) is 10.2. The number of rotatable bonds is 6. The van der Waals surface area contributed by atoms with Crippen LogP contribution in [0.25, 0.3) is 0 Å². The predicted octanol–water partition coefficient (Wildman–Crippen LogP) is 4.33. The number of hydrogen-bond donors (Lipinski definition) is 2. The molecule has 0 aliphatic heterocycles. The zero-order valence-corrected chi connectivity index (χ0v) is 16.9. The maximum atomic E-state index is 14.5. The van der Waals surface area contributed by atoms with Crippen molar-refractivity contribution in [1.82, 2.24) is 0 Å². The molecule has 156 valence electrons. The van der Waals surface area contributed by atoms with E-state index in [1.165, 1.54) is 25.3 Å². The molecule has 0 fully saturated rings. The van der Waals surface area contributed by atoms with Gasteiger partial charge in [-0.05, 0) is 55.0 Å². The molecule has 30 heavy (non-hydrogen) atoms. The van der Waals surface area contributed by atoms with Crippen molar-refractivity contribution in [3.8, 4) is 5.75 Å². The van der Waals surface area contributed by atoms with Crippen LogP contribution in [0, 0.1) is 18.6 Å². The molecule has 0 spiro atoms. The van der Waals surface area contributed by atoms with Crippen molar-refractivity contribution in [3.05, 3.63) is 83.4 Å². The lowest BCUT2D eigenvalue weighted by atomic mass is 10.2. The van der Waals surface area contributed by atoms with E-state index in [2.05, 4.69) is 10.0 Å². The van der Waals surface area contributed by atoms with Crippen LogP contribution in [0.2, 0.25) is 0 Å². The molecule has 0 heterocycles. The standard InChI is InChI=1S/C21H18F2N2O4S/c1-13-7-10-20(29-2)19(11-13)25-30(27,28)14-8-9-18(17(23)12-14)24-21(26)15-5-3-4-6-16(15)22/h3-12,25H,1-2H3,(H,24,26). The number of carbonyl (C=O) groups is 1. The van der Waals surface area contributed by atoms with Gasteiger partial charge in [-0.15, -0.1) is 0 Å². The molecule has 2 N–H and O–H groups in total. The Balaban J connectivity index is 1.85. The third-order valence-corrected chi connectivity index (χ3v) is 5.58. The van der Waals surface area contributed by atoms with E-state index in [9.17, 15) is 22.0 Å². The van der Waals surface area contributed by atoms with E-state index in [-0.39, 0.29) is 21.8 Å². The molecule has 0 saturated heterocycles. The topological polar surface area (TPSA) is 84.5 Å². The number of ether oxygens (including phenoxy) is 1. The van der Waals surface area contributed by atoms with Crippen LogP contribution < -0.4 is 14.8 Å². The third kappa shape index (κ3) is 4.57. The Morgan fingerprint density at radius 1 is 0.933 bits per heavy atom. The van der Waals surface area contributed by atoms with Gasteiger partial charge in [0.15, 0.2) is 0 Å². The number of halogens is 2. The molecule has 1 amide bonds. The second kappa shape index (κ2) is 8.50. The van der Waals surface area contributed by atoms with Gasteiger partial charge in [-0.25, -0.2) is 17.2 Å². The smallest absolute Gasteiger partial charge is 0.262 e. The van der Waals surface area contributed by atoms with Gasteiger partial charge in [0, 0.05) is 0 Å². The maximum Gasteiger partial charge on any atom is 0.262 e. The van der Waals surface area contributed by atoms with Gasteiger partial charge in [0.1, 0.15) is 17.4 Å². The van der Waals surface area contributed by atoms with Crippen molar-refractivity contribution in [1.29, 1.82) is 0 Å². The number of carbonyl (C=O) groups excluding carboxylic acids is 1. The Morgan fingerprint density at radius 3 is 2.33 bits per heavy atom. The van der Waals surface area contributed by atoms with Crippen molar-refractivity contribution in [3.63, 3.8) is 0 Å². The van der Waals surface area contributed by atoms with Crippen molar-refractivity contribution < 1.29 is 26.7 Å². The number of aryl methyl sites for hydroxylation is 1. The van der Waals surface area contributed by atoms with Crippen LogP contribution in [0.1, 0.15) is 15.9 Å². The number of sulfonamides is 1. The number of nitrogens with one attached hydrogen (secondary N) is 2. The summed E-state index contributed by atoms with van der Waals surface area (Å²) in [5, 5.41) is 2.23. The molecule has 3 aromatic rings. The maximum absolute atomic E-state index is 14.5. The van der Waals surface area contributed by atoms with Gasteiger partial charge in [0.2, 0.25) is 0 Å². The highest BCUT2D eigenvalue weighted by atomic mass is 32.2. The minimum atomic E-state index is -4.13. The van der Waals surface area contributed by atoms with Crippen molar-refractivity contribution >= 4 is 27.3 Å². The molecule has 0 unspecified atom stereocenters. The van der Waals surface area contributed by atoms with Crippen molar-refractivity contribution in [2.24, 2.45) is 0 Å². The van der Waals surface area contributed by atoms with E-state index in [4.69, 9.17) is 4.74 Å². The molecular formula is C21H18F2N2O4S. The minimum Gasteiger partial charge on any atom is -0.495 e. The van der Waals surface area contributed by atoms with Crippen LogP contribution in [0.4, 0.5) is 20.2 Å². The zero-order chi connectivity index (χ0) is 21.9. The molecule has 0 aliphatic carbocycles. The van der Waals surface area contributed by atoms with Gasteiger partial charge in [-0.1, -0.05) is 18.2 Å². The third-order valence-electron chi connectivity index (χ3n) is 4.22. The first-order chi connectivity index (χ1) is 14.2. The van der Waals surface area contributed by atoms with E-state index in [1.54, 1.807) is 25.1 Å². The molecule has 0 aromatic heterocycles. The van der Waals surface area contributed by atoms with Crippen molar-refractivity contribution in [2.45, 2.75) is 11.8 Å². The molecular weight excluding hydrogens is 414 g/mol. The lowest BCUT2D eigenvalue weighted by Gasteiger charge is -2.13. The molecule has 0 aliphatic rings. The highest BCUT2D eigenvalue weighted by molar-refractivity contribution is 7.92. The molecule has 3 rings (SSSR count). The molecule has 0 bridgehead atoms. The normalized spacial score (nSPS) is 11.1. The van der Waals surface area contributed by atoms with Gasteiger partial charge < -0.3 is 10.1 Å². The Labute approximate surface area is 172 Å². The van der Waals surface area contributed by atoms with E-state index in [0.717, 1.165) is 29.8 Å². The molecule has 0 radical (unpaired) electrons. The quantitative estimate of drug-likeness (QED) is 0.607. The predicted molar refractivity (Wildman–Crippen MR) is 109 cm³/mol. The Hall–Kier alpha value is -3.46. The second-order valence-electron chi connectivity index (χ2n) is 6.38. The summed E-state index contributed by atoms with van der Waals surface area (Å²) in [4.78, 5) is 11.8. The van der Waals surface area contributed by atoms with E-state index < -0.39 is 27.6 Å². The lowest BCUT2D eigenvalue weighted by Crippen LogP contribution is -2.16. The summed E-state index contributed by atoms with van der Waals surface area (Å²) in [5.41, 5.74) is 0.456. The Bertz CT molecular complexity index is 1210. The monoisotopic (exact) mass is 432 g/mol. The fourth-order valence-electron chi connectivity index (χ4n) is 2.70. The summed E-state index contributed by atoms with van der Waals surface area (Å²) in [6.07, 6.45) is 0. The largest absolute Gasteiger partial charge is 0.495 e. The van der Waals surface area contributed by atoms with E-state index in [1.807, 2.05) is 0 Å². The summed E-state index contributed by atoms with van der Waals surface area (Å²) in [6, 6.07) is 13.2. The minimum absolute atomic E-state index is 0.204. The molecule has 0 atom stereocenters. The number of methoxy groups -OCH3 is 1. The summed E-state index contributed by atoms with van der Waals surface area (Å²) in [5.74, 6) is -2.30. The fourth-order valence-corrected chi connectivity index (χ4v) is 3.78. The summed E-state index contributed by atoms with van der Waals surface area (Å²) < 4.78 is 61.0. The average molecular weight is 432 g/mol. The number of amides is 1. The Kier molecular flexibility index (Phi) is 6.02. The first-order valence-electron chi connectivity index (χ1n) is 8.74. The van der Waals surface area contributed by atoms with Gasteiger partial charge in [-0.2, -0.15) is 0 Å². The van der Waals surface area contributed by atoms with Gasteiger partial charge in [0.25, 0.3) is 15.9 Å². The van der Waals surface area contributed by atoms with Crippen LogP contribution in [0.3, 0.4) is 0 Å². The second-order valence-corrected chi connectivity index (χ2v) is 8.07. The number of anilines is 2. The highest BCUT2D eigenvalue weighted by Crippen LogP contribution is 2.29. The molecule has 6 nitrogen and oxygen atoms in total. The van der Waals surface area contributed by atoms with Crippen molar-refractivity contribution in [2.75, 3.05) is 17.1 Å². The average Bonchev–Trinajstić information content (AvgIpc) is 2.69. The lowest BCUT2D eigenvalue weighted by molar-refractivity contribution is 0.102. The zero-order valence-electron chi connectivity index (χ0n) is 16.1. The summed E-state index contributed by atoms with van der Waals surface area (Å²) >= 11 is 0. The van der Waals surface area contributed by atoms with Crippen LogP contribution >= 0.6 is 0 Å². The molecule has 0 saturated carbocycles. The molecule has 9 heteroatoms. The number of hydrogen-bond acceptors (Lipinski definition) is 4. The highest BCUT2D eigenvalue weighted by Gasteiger charge is 2.20. The van der Waals surface area contributed by atoms with Crippen LogP contribution in [-0.4, -0.2) is 21.4 Å². The van der Waals surface area contributed by atoms with Crippen LogP contribution in [0.5, 0.6) is 5.75 Å². The summed E-state index contributed by atoms with van der Waals surface area (Å²) in [6.45, 7) is 1.78. The Morgan fingerprint density at radius 2 is 1.67 bits per heavy atom. The fraction of sp³-hybridized carbons (Fsp3) is 0.0952. The molecule has 3 aromatic carbocycles. The van der Waals surface area contributed by atoms with Gasteiger partial charge in [0.05, 0.1) is 28.9 Å². The van der Waals surface area contributed by atoms with Gasteiger partial charge >= 0.3 is 0 Å². The SMILES string of the molecule is COc1ccc(C)cc1NS(=O)(=O)c1ccc(NC(=O)c2ccccc2F)c(F)c1. The summed E-state index contributed by atoms with van der Waals surface area (Å²) in [7, 11) is -2.73. The van der Waals surface area contributed by atoms with Crippen LogP contribution in [0.15, 0.2) is 65.6 Å².